The summed E-state index contributed by atoms with van der Waals surface area (Å²) in [6.07, 6.45) is 1.11. The molecule has 1 aromatic carbocycles. The molecule has 0 aliphatic carbocycles. The van der Waals surface area contributed by atoms with Gasteiger partial charge in [-0.2, -0.15) is 0 Å². The second kappa shape index (κ2) is 5.45. The topological polar surface area (TPSA) is 40.5 Å². The first-order valence-electron chi connectivity index (χ1n) is 5.86. The van der Waals surface area contributed by atoms with Crippen molar-refractivity contribution in [3.8, 4) is 0 Å². The van der Waals surface area contributed by atoms with E-state index in [0.29, 0.717) is 18.3 Å². The number of piperidine rings is 1. The van der Waals surface area contributed by atoms with Gasteiger partial charge in [0.1, 0.15) is 0 Å². The Hall–Kier alpha value is -1.16. The fraction of sp³-hybridized carbons (Fsp3) is 0.462. The zero-order valence-electron chi connectivity index (χ0n) is 9.93. The van der Waals surface area contributed by atoms with Crippen molar-refractivity contribution in [1.29, 1.82) is 0 Å². The molecule has 2 rings (SSSR count). The van der Waals surface area contributed by atoms with Crippen LogP contribution in [0, 0.1) is 6.92 Å². The summed E-state index contributed by atoms with van der Waals surface area (Å²) < 4.78 is 0. The highest BCUT2D eigenvalue weighted by molar-refractivity contribution is 8.00. The van der Waals surface area contributed by atoms with Gasteiger partial charge in [0.25, 0.3) is 0 Å². The van der Waals surface area contributed by atoms with Crippen molar-refractivity contribution in [2.24, 2.45) is 0 Å². The molecule has 0 aromatic heterocycles. The van der Waals surface area contributed by atoms with Crippen LogP contribution in [0.3, 0.4) is 0 Å². The van der Waals surface area contributed by atoms with Gasteiger partial charge in [0.15, 0.2) is 0 Å². The number of likely N-dealkylation sites (tertiary alicyclic amines) is 1. The predicted molar refractivity (Wildman–Crippen MR) is 69.7 cm³/mol. The Kier molecular flexibility index (Phi) is 3.94. The Morgan fingerprint density at radius 1 is 1.41 bits per heavy atom. The van der Waals surface area contributed by atoms with Crippen molar-refractivity contribution in [3.63, 3.8) is 0 Å². The van der Waals surface area contributed by atoms with Gasteiger partial charge < -0.3 is 10.0 Å². The second-order valence-corrected chi connectivity index (χ2v) is 5.78. The van der Waals surface area contributed by atoms with Crippen LogP contribution in [0.5, 0.6) is 0 Å². The first-order valence-corrected chi connectivity index (χ1v) is 6.74. The summed E-state index contributed by atoms with van der Waals surface area (Å²) in [6, 6.07) is 8.48. The maximum Gasteiger partial charge on any atom is 0.407 e. The van der Waals surface area contributed by atoms with Crippen LogP contribution in [-0.2, 0) is 0 Å². The number of carbonyl (C=O) groups is 1. The van der Waals surface area contributed by atoms with E-state index in [1.807, 2.05) is 11.8 Å². The van der Waals surface area contributed by atoms with E-state index in [1.54, 1.807) is 0 Å². The molecule has 1 N–H and O–H groups in total. The molecule has 0 atom stereocenters. The molecule has 4 heteroatoms. The van der Waals surface area contributed by atoms with Crippen LogP contribution in [0.2, 0.25) is 0 Å². The first kappa shape index (κ1) is 12.3. The minimum atomic E-state index is -0.788. The lowest BCUT2D eigenvalue weighted by atomic mass is 10.1. The van der Waals surface area contributed by atoms with Crippen LogP contribution in [0.1, 0.15) is 18.4 Å². The summed E-state index contributed by atoms with van der Waals surface area (Å²) in [5, 5.41) is 9.42. The number of rotatable bonds is 2. The Morgan fingerprint density at radius 3 is 2.71 bits per heavy atom. The summed E-state index contributed by atoms with van der Waals surface area (Å²) in [7, 11) is 0. The molecule has 1 fully saturated rings. The van der Waals surface area contributed by atoms with Gasteiger partial charge in [-0.15, -0.1) is 11.8 Å². The summed E-state index contributed by atoms with van der Waals surface area (Å²) >= 11 is 1.87. The molecular formula is C13H17NO2S. The quantitative estimate of drug-likeness (QED) is 0.877. The Morgan fingerprint density at radius 2 is 2.12 bits per heavy atom. The van der Waals surface area contributed by atoms with Crippen LogP contribution < -0.4 is 0 Å². The zero-order valence-corrected chi connectivity index (χ0v) is 10.7. The van der Waals surface area contributed by atoms with Crippen molar-refractivity contribution >= 4 is 17.9 Å². The molecule has 1 aliphatic rings. The summed E-state index contributed by atoms with van der Waals surface area (Å²) in [4.78, 5) is 13.6. The van der Waals surface area contributed by atoms with E-state index in [-0.39, 0.29) is 0 Å². The third-order valence-corrected chi connectivity index (χ3v) is 4.34. The highest BCUT2D eigenvalue weighted by Crippen LogP contribution is 2.30. The van der Waals surface area contributed by atoms with E-state index >= 15 is 0 Å². The van der Waals surface area contributed by atoms with Crippen molar-refractivity contribution in [1.82, 2.24) is 4.90 Å². The SMILES string of the molecule is Cc1cccc(SC2CCN(C(=O)O)CC2)c1. The minimum absolute atomic E-state index is 0.549. The molecule has 17 heavy (non-hydrogen) atoms. The molecule has 0 radical (unpaired) electrons. The molecule has 0 unspecified atom stereocenters. The number of hydrogen-bond donors (Lipinski definition) is 1. The lowest BCUT2D eigenvalue weighted by Crippen LogP contribution is -2.38. The molecule has 1 heterocycles. The highest BCUT2D eigenvalue weighted by atomic mass is 32.2. The standard InChI is InChI=1S/C13H17NO2S/c1-10-3-2-4-12(9-10)17-11-5-7-14(8-6-11)13(15)16/h2-4,9,11H,5-8H2,1H3,(H,15,16). The summed E-state index contributed by atoms with van der Waals surface area (Å²) in [5.41, 5.74) is 1.28. The minimum Gasteiger partial charge on any atom is -0.465 e. The van der Waals surface area contributed by atoms with Crippen LogP contribution >= 0.6 is 11.8 Å². The second-order valence-electron chi connectivity index (χ2n) is 4.40. The van der Waals surface area contributed by atoms with E-state index in [2.05, 4.69) is 31.2 Å². The maximum absolute atomic E-state index is 10.8. The monoisotopic (exact) mass is 251 g/mol. The fourth-order valence-corrected chi connectivity index (χ4v) is 3.29. The zero-order chi connectivity index (χ0) is 12.3. The Bertz CT molecular complexity index is 400. The van der Waals surface area contributed by atoms with Gasteiger partial charge in [0, 0.05) is 23.2 Å². The Balaban J connectivity index is 1.88. The fourth-order valence-electron chi connectivity index (χ4n) is 2.05. The number of nitrogens with zero attached hydrogens (tertiary/aromatic N) is 1. The first-order chi connectivity index (χ1) is 8.15. The largest absolute Gasteiger partial charge is 0.465 e. The molecule has 1 aromatic rings. The van der Waals surface area contributed by atoms with Crippen LogP contribution in [-0.4, -0.2) is 34.4 Å². The number of hydrogen-bond acceptors (Lipinski definition) is 2. The van der Waals surface area contributed by atoms with Gasteiger partial charge in [0.2, 0.25) is 0 Å². The van der Waals surface area contributed by atoms with Gasteiger partial charge in [0.05, 0.1) is 0 Å². The third kappa shape index (κ3) is 3.40. The molecule has 0 spiro atoms. The van der Waals surface area contributed by atoms with Gasteiger partial charge >= 0.3 is 6.09 Å². The average Bonchev–Trinajstić information content (AvgIpc) is 2.29. The van der Waals surface area contributed by atoms with Crippen molar-refractivity contribution in [2.75, 3.05) is 13.1 Å². The predicted octanol–water partition coefficient (Wildman–Crippen LogP) is 3.23. The molecule has 1 aliphatic heterocycles. The van der Waals surface area contributed by atoms with Crippen molar-refractivity contribution in [3.05, 3.63) is 29.8 Å². The molecule has 1 saturated heterocycles. The van der Waals surface area contributed by atoms with Gasteiger partial charge in [-0.1, -0.05) is 17.7 Å². The number of thioether (sulfide) groups is 1. The van der Waals surface area contributed by atoms with Gasteiger partial charge in [-0.25, -0.2) is 4.79 Å². The highest BCUT2D eigenvalue weighted by Gasteiger charge is 2.22. The lowest BCUT2D eigenvalue weighted by molar-refractivity contribution is 0.136. The van der Waals surface area contributed by atoms with Gasteiger partial charge in [-0.3, -0.25) is 0 Å². The molecule has 3 nitrogen and oxygen atoms in total. The van der Waals surface area contributed by atoms with E-state index in [9.17, 15) is 4.79 Å². The number of benzene rings is 1. The molecule has 0 bridgehead atoms. The van der Waals surface area contributed by atoms with Crippen LogP contribution in [0.4, 0.5) is 4.79 Å². The Labute approximate surface area is 106 Å². The van der Waals surface area contributed by atoms with E-state index in [4.69, 9.17) is 5.11 Å². The average molecular weight is 251 g/mol. The molecule has 1 amide bonds. The van der Waals surface area contributed by atoms with Gasteiger partial charge in [-0.05, 0) is 31.9 Å². The summed E-state index contributed by atoms with van der Waals surface area (Å²) in [6.45, 7) is 3.43. The molecular weight excluding hydrogens is 234 g/mol. The van der Waals surface area contributed by atoms with Crippen molar-refractivity contribution in [2.45, 2.75) is 29.9 Å². The molecule has 92 valence electrons. The number of amides is 1. The van der Waals surface area contributed by atoms with Crippen LogP contribution in [0.25, 0.3) is 0 Å². The van der Waals surface area contributed by atoms with Crippen LogP contribution in [0.15, 0.2) is 29.2 Å². The van der Waals surface area contributed by atoms with E-state index in [1.165, 1.54) is 15.4 Å². The van der Waals surface area contributed by atoms with Crippen molar-refractivity contribution < 1.29 is 9.90 Å². The van der Waals surface area contributed by atoms with E-state index < -0.39 is 6.09 Å². The summed E-state index contributed by atoms with van der Waals surface area (Å²) in [5.74, 6) is 0. The lowest BCUT2D eigenvalue weighted by Gasteiger charge is -2.29. The molecule has 0 saturated carbocycles. The smallest absolute Gasteiger partial charge is 0.407 e. The number of carboxylic acid groups (broad SMARTS) is 1. The number of aryl methyl sites for hydroxylation is 1. The normalized spacial score (nSPS) is 17.1. The third-order valence-electron chi connectivity index (χ3n) is 3.00. The maximum atomic E-state index is 10.8. The van der Waals surface area contributed by atoms with E-state index in [0.717, 1.165) is 12.8 Å².